The number of aromatic amines is 1. The SMILES string of the molecule is C[C@H]1CN(c2n[nH]c(CCCc3cccs3)n2)CCN1. The average Bonchev–Trinajstić information content (AvgIpc) is 3.10. The Morgan fingerprint density at radius 1 is 1.45 bits per heavy atom. The lowest BCUT2D eigenvalue weighted by Crippen LogP contribution is -2.49. The van der Waals surface area contributed by atoms with Crippen molar-refractivity contribution in [2.75, 3.05) is 24.5 Å². The summed E-state index contributed by atoms with van der Waals surface area (Å²) in [6.45, 7) is 5.16. The first-order valence-corrected chi connectivity index (χ1v) is 8.11. The second kappa shape index (κ2) is 6.37. The molecule has 20 heavy (non-hydrogen) atoms. The van der Waals surface area contributed by atoms with Crippen LogP contribution >= 0.6 is 11.3 Å². The Hall–Kier alpha value is -1.40. The Bertz CT molecular complexity index is 521. The molecule has 0 spiro atoms. The van der Waals surface area contributed by atoms with E-state index >= 15 is 0 Å². The summed E-state index contributed by atoms with van der Waals surface area (Å²) in [6.07, 6.45) is 3.21. The fourth-order valence-electron chi connectivity index (χ4n) is 2.54. The summed E-state index contributed by atoms with van der Waals surface area (Å²) in [5, 5.41) is 13.0. The minimum absolute atomic E-state index is 0.504. The predicted molar refractivity (Wildman–Crippen MR) is 82.4 cm³/mol. The first-order chi connectivity index (χ1) is 9.81. The summed E-state index contributed by atoms with van der Waals surface area (Å²) in [5.74, 6) is 1.85. The highest BCUT2D eigenvalue weighted by atomic mass is 32.1. The molecule has 0 saturated carbocycles. The smallest absolute Gasteiger partial charge is 0.244 e. The van der Waals surface area contributed by atoms with Crippen LogP contribution in [-0.4, -0.2) is 40.9 Å². The quantitative estimate of drug-likeness (QED) is 0.882. The number of nitrogens with zero attached hydrogens (tertiary/aromatic N) is 3. The van der Waals surface area contributed by atoms with E-state index in [4.69, 9.17) is 0 Å². The molecule has 1 fully saturated rings. The zero-order chi connectivity index (χ0) is 13.8. The standard InChI is InChI=1S/C14H21N5S/c1-11-10-19(8-7-15-11)14-16-13(17-18-14)6-2-4-12-5-3-9-20-12/h3,5,9,11,15H,2,4,6-8,10H2,1H3,(H,16,17,18)/t11-/m0/s1. The fraction of sp³-hybridized carbons (Fsp3) is 0.571. The van der Waals surface area contributed by atoms with Gasteiger partial charge >= 0.3 is 0 Å². The highest BCUT2D eigenvalue weighted by molar-refractivity contribution is 7.09. The number of piperazine rings is 1. The number of anilines is 1. The summed E-state index contributed by atoms with van der Waals surface area (Å²) >= 11 is 1.82. The molecule has 0 unspecified atom stereocenters. The van der Waals surface area contributed by atoms with Crippen molar-refractivity contribution in [1.29, 1.82) is 0 Å². The van der Waals surface area contributed by atoms with E-state index in [1.54, 1.807) is 0 Å². The Morgan fingerprint density at radius 3 is 3.20 bits per heavy atom. The molecule has 1 saturated heterocycles. The van der Waals surface area contributed by atoms with Crippen molar-refractivity contribution in [1.82, 2.24) is 20.5 Å². The van der Waals surface area contributed by atoms with Gasteiger partial charge in [0.25, 0.3) is 0 Å². The molecule has 1 aliphatic rings. The van der Waals surface area contributed by atoms with Crippen LogP contribution in [0.3, 0.4) is 0 Å². The summed E-state index contributed by atoms with van der Waals surface area (Å²) in [6, 6.07) is 4.81. The van der Waals surface area contributed by atoms with Crippen LogP contribution in [0.25, 0.3) is 0 Å². The molecule has 1 atom stereocenters. The molecule has 3 rings (SSSR count). The van der Waals surface area contributed by atoms with Gasteiger partial charge in [-0.25, -0.2) is 0 Å². The molecule has 1 aliphatic heterocycles. The first-order valence-electron chi connectivity index (χ1n) is 7.23. The van der Waals surface area contributed by atoms with Crippen molar-refractivity contribution < 1.29 is 0 Å². The minimum atomic E-state index is 0.504. The molecule has 0 amide bonds. The molecule has 6 heteroatoms. The van der Waals surface area contributed by atoms with E-state index in [0.717, 1.165) is 50.7 Å². The maximum atomic E-state index is 4.62. The van der Waals surface area contributed by atoms with E-state index in [1.807, 2.05) is 11.3 Å². The lowest BCUT2D eigenvalue weighted by molar-refractivity contribution is 0.479. The van der Waals surface area contributed by atoms with Gasteiger partial charge in [0.2, 0.25) is 5.95 Å². The van der Waals surface area contributed by atoms with Crippen LogP contribution in [0.4, 0.5) is 5.95 Å². The molecular formula is C14H21N5S. The maximum Gasteiger partial charge on any atom is 0.244 e. The molecule has 0 aromatic carbocycles. The summed E-state index contributed by atoms with van der Waals surface area (Å²) in [7, 11) is 0. The molecule has 0 aliphatic carbocycles. The highest BCUT2D eigenvalue weighted by Crippen LogP contribution is 2.14. The van der Waals surface area contributed by atoms with E-state index in [9.17, 15) is 0 Å². The molecule has 2 aromatic heterocycles. The van der Waals surface area contributed by atoms with Crippen molar-refractivity contribution in [2.45, 2.75) is 32.2 Å². The molecular weight excluding hydrogens is 270 g/mol. The first kappa shape index (κ1) is 13.6. The minimum Gasteiger partial charge on any atom is -0.337 e. The summed E-state index contributed by atoms with van der Waals surface area (Å²) < 4.78 is 0. The molecule has 3 heterocycles. The van der Waals surface area contributed by atoms with E-state index in [2.05, 4.69) is 49.8 Å². The topological polar surface area (TPSA) is 56.8 Å². The highest BCUT2D eigenvalue weighted by Gasteiger charge is 2.19. The summed E-state index contributed by atoms with van der Waals surface area (Å²) in [4.78, 5) is 8.32. The molecule has 0 bridgehead atoms. The van der Waals surface area contributed by atoms with Gasteiger partial charge in [-0.3, -0.25) is 5.10 Å². The van der Waals surface area contributed by atoms with Crippen LogP contribution < -0.4 is 10.2 Å². The van der Waals surface area contributed by atoms with Gasteiger partial charge in [0, 0.05) is 37.0 Å². The van der Waals surface area contributed by atoms with Crippen LogP contribution in [-0.2, 0) is 12.8 Å². The van der Waals surface area contributed by atoms with E-state index in [-0.39, 0.29) is 0 Å². The Morgan fingerprint density at radius 2 is 2.40 bits per heavy atom. The maximum absolute atomic E-state index is 4.62. The Labute approximate surface area is 123 Å². The van der Waals surface area contributed by atoms with Gasteiger partial charge in [0.15, 0.2) is 0 Å². The number of nitrogens with one attached hydrogen (secondary N) is 2. The number of aromatic nitrogens is 3. The van der Waals surface area contributed by atoms with Gasteiger partial charge in [-0.05, 0) is 31.2 Å². The molecule has 2 aromatic rings. The third-order valence-corrected chi connectivity index (χ3v) is 4.52. The molecule has 0 radical (unpaired) electrons. The van der Waals surface area contributed by atoms with Crippen molar-refractivity contribution in [3.05, 3.63) is 28.2 Å². The number of rotatable bonds is 5. The number of aryl methyl sites for hydroxylation is 2. The number of H-pyrrole nitrogens is 1. The molecule has 2 N–H and O–H groups in total. The predicted octanol–water partition coefficient (Wildman–Crippen LogP) is 1.84. The van der Waals surface area contributed by atoms with Crippen molar-refractivity contribution in [3.8, 4) is 0 Å². The Balaban J connectivity index is 1.51. The number of hydrogen-bond acceptors (Lipinski definition) is 5. The largest absolute Gasteiger partial charge is 0.337 e. The van der Waals surface area contributed by atoms with Gasteiger partial charge < -0.3 is 10.2 Å². The monoisotopic (exact) mass is 291 g/mol. The molecule has 5 nitrogen and oxygen atoms in total. The second-order valence-corrected chi connectivity index (χ2v) is 6.35. The van der Waals surface area contributed by atoms with Crippen LogP contribution in [0.5, 0.6) is 0 Å². The van der Waals surface area contributed by atoms with E-state index in [0.29, 0.717) is 6.04 Å². The van der Waals surface area contributed by atoms with Crippen LogP contribution in [0.2, 0.25) is 0 Å². The Kier molecular flexibility index (Phi) is 4.32. The molecule has 108 valence electrons. The zero-order valence-corrected chi connectivity index (χ0v) is 12.6. The summed E-state index contributed by atoms with van der Waals surface area (Å²) in [5.41, 5.74) is 0. The van der Waals surface area contributed by atoms with Crippen LogP contribution in [0.15, 0.2) is 17.5 Å². The average molecular weight is 291 g/mol. The lowest BCUT2D eigenvalue weighted by Gasteiger charge is -2.30. The van der Waals surface area contributed by atoms with Crippen LogP contribution in [0.1, 0.15) is 24.0 Å². The van der Waals surface area contributed by atoms with Gasteiger partial charge in [-0.15, -0.1) is 16.4 Å². The zero-order valence-electron chi connectivity index (χ0n) is 11.8. The second-order valence-electron chi connectivity index (χ2n) is 5.32. The van der Waals surface area contributed by atoms with Gasteiger partial charge in [-0.1, -0.05) is 6.07 Å². The number of thiophene rings is 1. The van der Waals surface area contributed by atoms with E-state index in [1.165, 1.54) is 4.88 Å². The van der Waals surface area contributed by atoms with Crippen LogP contribution in [0, 0.1) is 0 Å². The normalized spacial score (nSPS) is 19.4. The van der Waals surface area contributed by atoms with Crippen molar-refractivity contribution >= 4 is 17.3 Å². The van der Waals surface area contributed by atoms with E-state index < -0.39 is 0 Å². The van der Waals surface area contributed by atoms with Gasteiger partial charge in [0.05, 0.1) is 0 Å². The fourth-order valence-corrected chi connectivity index (χ4v) is 3.29. The third-order valence-electron chi connectivity index (χ3n) is 3.59. The van der Waals surface area contributed by atoms with Crippen molar-refractivity contribution in [3.63, 3.8) is 0 Å². The van der Waals surface area contributed by atoms with Crippen molar-refractivity contribution in [2.24, 2.45) is 0 Å². The van der Waals surface area contributed by atoms with Gasteiger partial charge in [0.1, 0.15) is 5.82 Å². The van der Waals surface area contributed by atoms with Gasteiger partial charge in [-0.2, -0.15) is 4.98 Å². The lowest BCUT2D eigenvalue weighted by atomic mass is 10.2. The third kappa shape index (κ3) is 3.37. The number of hydrogen-bond donors (Lipinski definition) is 2.